The third-order valence-electron chi connectivity index (χ3n) is 4.14. The van der Waals surface area contributed by atoms with Crippen molar-refractivity contribution in [1.29, 1.82) is 0 Å². The minimum absolute atomic E-state index is 0.0128. The normalized spacial score (nSPS) is 22.7. The van der Waals surface area contributed by atoms with Crippen LogP contribution in [-0.2, 0) is 10.2 Å². The highest BCUT2D eigenvalue weighted by Gasteiger charge is 2.34. The molecule has 1 aliphatic heterocycles. The van der Waals surface area contributed by atoms with E-state index in [1.54, 1.807) is 4.90 Å². The summed E-state index contributed by atoms with van der Waals surface area (Å²) in [7, 11) is 0. The fourth-order valence-corrected chi connectivity index (χ4v) is 3.85. The highest BCUT2D eigenvalue weighted by Crippen LogP contribution is 2.31. The van der Waals surface area contributed by atoms with E-state index in [4.69, 9.17) is 0 Å². The summed E-state index contributed by atoms with van der Waals surface area (Å²) >= 11 is 1.46. The molecule has 2 heterocycles. The van der Waals surface area contributed by atoms with Crippen molar-refractivity contribution >= 4 is 23.2 Å². The number of thiazole rings is 1. The van der Waals surface area contributed by atoms with Crippen LogP contribution in [0.2, 0.25) is 0 Å². The van der Waals surface area contributed by atoms with Gasteiger partial charge in [0.15, 0.2) is 0 Å². The number of carbonyl (C=O) groups is 2. The molecule has 2 atom stereocenters. The van der Waals surface area contributed by atoms with E-state index in [1.807, 2.05) is 13.8 Å². The highest BCUT2D eigenvalue weighted by atomic mass is 32.1. The van der Waals surface area contributed by atoms with E-state index < -0.39 is 5.97 Å². The van der Waals surface area contributed by atoms with E-state index in [9.17, 15) is 14.7 Å². The van der Waals surface area contributed by atoms with Crippen LogP contribution < -0.4 is 0 Å². The second-order valence-electron chi connectivity index (χ2n) is 7.15. The Morgan fingerprint density at radius 2 is 2.00 bits per heavy atom. The number of hydrogen-bond acceptors (Lipinski definition) is 4. The van der Waals surface area contributed by atoms with Gasteiger partial charge in [-0.25, -0.2) is 4.98 Å². The van der Waals surface area contributed by atoms with Gasteiger partial charge in [-0.15, -0.1) is 11.3 Å². The molecule has 1 aliphatic rings. The molecule has 2 unspecified atom stereocenters. The van der Waals surface area contributed by atoms with E-state index in [0.717, 1.165) is 10.7 Å². The fraction of sp³-hybridized carbons (Fsp3) is 0.688. The fourth-order valence-electron chi connectivity index (χ4n) is 2.76. The monoisotopic (exact) mass is 324 g/mol. The molecule has 0 radical (unpaired) electrons. The minimum Gasteiger partial charge on any atom is -0.481 e. The van der Waals surface area contributed by atoms with Crippen LogP contribution in [0.4, 0.5) is 0 Å². The number of carboxylic acids is 1. The minimum atomic E-state index is -0.761. The lowest BCUT2D eigenvalue weighted by atomic mass is 9.87. The number of piperidine rings is 1. The molecule has 1 amide bonds. The Bertz CT molecular complexity index is 589. The van der Waals surface area contributed by atoms with Crippen molar-refractivity contribution in [2.45, 2.75) is 46.5 Å². The highest BCUT2D eigenvalue weighted by molar-refractivity contribution is 7.14. The predicted octanol–water partition coefficient (Wildman–Crippen LogP) is 2.93. The first-order chi connectivity index (χ1) is 10.1. The van der Waals surface area contributed by atoms with E-state index in [0.29, 0.717) is 24.4 Å². The Morgan fingerprint density at radius 3 is 2.45 bits per heavy atom. The van der Waals surface area contributed by atoms with Crippen molar-refractivity contribution in [2.24, 2.45) is 11.8 Å². The van der Waals surface area contributed by atoms with Crippen molar-refractivity contribution < 1.29 is 14.7 Å². The van der Waals surface area contributed by atoms with Gasteiger partial charge < -0.3 is 10.0 Å². The molecule has 1 saturated heterocycles. The van der Waals surface area contributed by atoms with E-state index in [2.05, 4.69) is 25.8 Å². The van der Waals surface area contributed by atoms with Crippen molar-refractivity contribution in [3.05, 3.63) is 15.6 Å². The quantitative estimate of drug-likeness (QED) is 0.908. The van der Waals surface area contributed by atoms with Crippen LogP contribution in [0, 0.1) is 18.8 Å². The standard InChI is InChI=1S/C16H24N2O3S/c1-9-8-18(7-6-11(9)14(20)21)13(19)12-10(2)17-15(22-12)16(3,4)5/h9,11H,6-8H2,1-5H3,(H,20,21). The van der Waals surface area contributed by atoms with Crippen molar-refractivity contribution in [3.63, 3.8) is 0 Å². The zero-order valence-corrected chi connectivity index (χ0v) is 14.7. The van der Waals surface area contributed by atoms with Crippen LogP contribution in [0.3, 0.4) is 0 Å². The van der Waals surface area contributed by atoms with Crippen LogP contribution in [-0.4, -0.2) is 40.0 Å². The summed E-state index contributed by atoms with van der Waals surface area (Å²) in [6.45, 7) is 11.0. The number of hydrogen-bond donors (Lipinski definition) is 1. The van der Waals surface area contributed by atoms with Crippen LogP contribution in [0.25, 0.3) is 0 Å². The van der Waals surface area contributed by atoms with Gasteiger partial charge in [-0.05, 0) is 19.3 Å². The maximum Gasteiger partial charge on any atom is 0.306 e. The molecule has 6 heteroatoms. The molecule has 0 aliphatic carbocycles. The first-order valence-electron chi connectivity index (χ1n) is 7.61. The Morgan fingerprint density at radius 1 is 1.36 bits per heavy atom. The molecular weight excluding hydrogens is 300 g/mol. The number of aliphatic carboxylic acids is 1. The van der Waals surface area contributed by atoms with Crippen molar-refractivity contribution in [3.8, 4) is 0 Å². The first kappa shape index (κ1) is 16.9. The Balaban J connectivity index is 2.16. The summed E-state index contributed by atoms with van der Waals surface area (Å²) < 4.78 is 0. The molecule has 2 rings (SSSR count). The molecule has 0 spiro atoms. The van der Waals surface area contributed by atoms with Gasteiger partial charge >= 0.3 is 5.97 Å². The summed E-state index contributed by atoms with van der Waals surface area (Å²) in [6, 6.07) is 0. The molecule has 5 nitrogen and oxygen atoms in total. The maximum atomic E-state index is 12.7. The zero-order chi connectivity index (χ0) is 16.7. The van der Waals surface area contributed by atoms with Crippen LogP contribution >= 0.6 is 11.3 Å². The van der Waals surface area contributed by atoms with Gasteiger partial charge in [0.05, 0.1) is 16.6 Å². The second-order valence-corrected chi connectivity index (χ2v) is 8.14. The zero-order valence-electron chi connectivity index (χ0n) is 13.8. The maximum absolute atomic E-state index is 12.7. The Labute approximate surface area is 135 Å². The third kappa shape index (κ3) is 3.32. The molecular formula is C16H24N2O3S. The number of rotatable bonds is 2. The Kier molecular flexibility index (Phi) is 4.61. The van der Waals surface area contributed by atoms with Crippen molar-refractivity contribution in [1.82, 2.24) is 9.88 Å². The summed E-state index contributed by atoms with van der Waals surface area (Å²) in [6.07, 6.45) is 0.520. The van der Waals surface area contributed by atoms with Crippen LogP contribution in [0.15, 0.2) is 0 Å². The van der Waals surface area contributed by atoms with E-state index in [1.165, 1.54) is 11.3 Å². The number of carboxylic acid groups (broad SMARTS) is 1. The molecule has 0 bridgehead atoms. The summed E-state index contributed by atoms with van der Waals surface area (Å²) in [5, 5.41) is 10.1. The lowest BCUT2D eigenvalue weighted by molar-refractivity contribution is -0.145. The van der Waals surface area contributed by atoms with E-state index >= 15 is 0 Å². The van der Waals surface area contributed by atoms with Gasteiger partial charge in [0, 0.05) is 18.5 Å². The van der Waals surface area contributed by atoms with Gasteiger partial charge in [0.25, 0.3) is 5.91 Å². The number of carbonyl (C=O) groups excluding carboxylic acids is 1. The summed E-state index contributed by atoms with van der Waals surface area (Å²) in [4.78, 5) is 30.9. The Hall–Kier alpha value is -1.43. The largest absolute Gasteiger partial charge is 0.481 e. The topological polar surface area (TPSA) is 70.5 Å². The average molecular weight is 324 g/mol. The number of likely N-dealkylation sites (tertiary alicyclic amines) is 1. The van der Waals surface area contributed by atoms with E-state index in [-0.39, 0.29) is 23.2 Å². The molecule has 1 aromatic rings. The summed E-state index contributed by atoms with van der Waals surface area (Å²) in [5.41, 5.74) is 0.699. The molecule has 0 saturated carbocycles. The smallest absolute Gasteiger partial charge is 0.306 e. The van der Waals surface area contributed by atoms with Crippen molar-refractivity contribution in [2.75, 3.05) is 13.1 Å². The van der Waals surface area contributed by atoms with Gasteiger partial charge in [-0.1, -0.05) is 27.7 Å². The first-order valence-corrected chi connectivity index (χ1v) is 8.43. The van der Waals surface area contributed by atoms with Gasteiger partial charge in [-0.2, -0.15) is 0 Å². The third-order valence-corrected chi connectivity index (χ3v) is 5.71. The molecule has 122 valence electrons. The molecule has 1 aromatic heterocycles. The molecule has 22 heavy (non-hydrogen) atoms. The number of aryl methyl sites for hydroxylation is 1. The van der Waals surface area contributed by atoms with Gasteiger partial charge in [-0.3, -0.25) is 9.59 Å². The summed E-state index contributed by atoms with van der Waals surface area (Å²) in [5.74, 6) is -1.15. The van der Waals surface area contributed by atoms with Crippen LogP contribution in [0.1, 0.15) is 54.5 Å². The lowest BCUT2D eigenvalue weighted by Gasteiger charge is -2.34. The van der Waals surface area contributed by atoms with Gasteiger partial charge in [0.1, 0.15) is 4.88 Å². The number of nitrogens with zero attached hydrogens (tertiary/aromatic N) is 2. The van der Waals surface area contributed by atoms with Gasteiger partial charge in [0.2, 0.25) is 0 Å². The molecule has 1 N–H and O–H groups in total. The molecule has 1 fully saturated rings. The predicted molar refractivity (Wildman–Crippen MR) is 86.4 cm³/mol. The second kappa shape index (κ2) is 5.99. The van der Waals surface area contributed by atoms with Crippen LogP contribution in [0.5, 0.6) is 0 Å². The number of aromatic nitrogens is 1. The molecule has 0 aromatic carbocycles. The SMILES string of the molecule is Cc1nc(C(C)(C)C)sc1C(=O)N1CCC(C(=O)O)C(C)C1. The lowest BCUT2D eigenvalue weighted by Crippen LogP contribution is -2.44. The average Bonchev–Trinajstić information content (AvgIpc) is 2.79. The number of amides is 1.